The summed E-state index contributed by atoms with van der Waals surface area (Å²) in [6, 6.07) is 17.1. The molecule has 6 rings (SSSR count). The molecule has 3 heterocycles. The predicted molar refractivity (Wildman–Crippen MR) is 236 cm³/mol. The normalized spacial score (nSPS) is 17.2. The predicted octanol–water partition coefficient (Wildman–Crippen LogP) is 5.14. The maximum absolute atomic E-state index is 14.3. The zero-order valence-corrected chi connectivity index (χ0v) is 37.7. The maximum atomic E-state index is 14.3. The number of nitrogens with one attached hydrogen (secondary N) is 5. The van der Waals surface area contributed by atoms with Crippen LogP contribution < -0.4 is 26.6 Å². The van der Waals surface area contributed by atoms with Crippen molar-refractivity contribution in [2.24, 2.45) is 5.16 Å². The van der Waals surface area contributed by atoms with Crippen LogP contribution >= 0.6 is 11.3 Å². The van der Waals surface area contributed by atoms with Crippen LogP contribution in [-0.4, -0.2) is 97.6 Å². The fourth-order valence-electron chi connectivity index (χ4n) is 6.83. The van der Waals surface area contributed by atoms with Gasteiger partial charge in [-0.3, -0.25) is 14.9 Å². The summed E-state index contributed by atoms with van der Waals surface area (Å²) in [4.78, 5) is 77.8. The number of esters is 1. The standard InChI is InChI=1S/C44H56N10O9S/c1-42(2,3)61-40(58)46-23-15-22-45-24-30-25-47-54(52-30)26-31-33(36(55)48-31)50-37(56)34(32-27-64-39(49-32)51-41(59)62-43(4,5)6)53-63-44(20-13-14-21-44)38(57)60-35(28-16-9-7-10-17-28)29-18-11-8-12-19-29/h7-12,16-19,25,27,31,33,35,45H,13-15,20-24,26H2,1-6H3,(H,46,58)(H,48,55)(H,50,56)(H,49,51,59)/b53-34-/t31-,33+/m1/s1. The number of hydrogen-bond acceptors (Lipinski definition) is 15. The quantitative estimate of drug-likeness (QED) is 0.0218. The Morgan fingerprint density at radius 3 is 2.19 bits per heavy atom. The summed E-state index contributed by atoms with van der Waals surface area (Å²) in [5.74, 6) is -1.90. The van der Waals surface area contributed by atoms with Crippen LogP contribution in [-0.2, 0) is 46.5 Å². The smallest absolute Gasteiger partial charge is 0.413 e. The van der Waals surface area contributed by atoms with Gasteiger partial charge in [0.2, 0.25) is 11.5 Å². The number of thiazole rings is 1. The molecule has 64 heavy (non-hydrogen) atoms. The van der Waals surface area contributed by atoms with Gasteiger partial charge in [0.15, 0.2) is 16.9 Å². The van der Waals surface area contributed by atoms with Crippen molar-refractivity contribution in [3.63, 3.8) is 0 Å². The average molecular weight is 901 g/mol. The van der Waals surface area contributed by atoms with Crippen molar-refractivity contribution < 1.29 is 43.0 Å². The van der Waals surface area contributed by atoms with Gasteiger partial charge in [0, 0.05) is 31.3 Å². The largest absolute Gasteiger partial charge is 0.450 e. The minimum Gasteiger partial charge on any atom is -0.450 e. The lowest BCUT2D eigenvalue weighted by Crippen LogP contribution is -2.70. The van der Waals surface area contributed by atoms with Gasteiger partial charge in [-0.2, -0.15) is 15.0 Å². The van der Waals surface area contributed by atoms with Crippen LogP contribution in [0.1, 0.15) is 102 Å². The van der Waals surface area contributed by atoms with E-state index < -0.39 is 65.0 Å². The molecule has 2 fully saturated rings. The Bertz CT molecular complexity index is 2230. The van der Waals surface area contributed by atoms with Gasteiger partial charge < -0.3 is 40.3 Å². The number of rotatable bonds is 18. The van der Waals surface area contributed by atoms with E-state index >= 15 is 0 Å². The van der Waals surface area contributed by atoms with E-state index in [1.165, 1.54) is 10.2 Å². The van der Waals surface area contributed by atoms with Crippen LogP contribution in [0.3, 0.4) is 0 Å². The minimum atomic E-state index is -1.54. The van der Waals surface area contributed by atoms with E-state index in [1.807, 2.05) is 60.7 Å². The molecule has 2 aromatic heterocycles. The van der Waals surface area contributed by atoms with Gasteiger partial charge in [0.1, 0.15) is 22.9 Å². The van der Waals surface area contributed by atoms with Crippen molar-refractivity contribution in [1.29, 1.82) is 0 Å². The first-order valence-corrected chi connectivity index (χ1v) is 22.1. The van der Waals surface area contributed by atoms with Crippen molar-refractivity contribution in [3.05, 3.63) is 94.8 Å². The number of β-lactam (4-membered cyclic amide) rings is 1. The first-order valence-electron chi connectivity index (χ1n) is 21.2. The highest BCUT2D eigenvalue weighted by Gasteiger charge is 2.48. The van der Waals surface area contributed by atoms with Gasteiger partial charge in [-0.25, -0.2) is 19.4 Å². The molecule has 0 bridgehead atoms. The Labute approximate surface area is 375 Å². The highest BCUT2D eigenvalue weighted by Crippen LogP contribution is 2.38. The lowest BCUT2D eigenvalue weighted by atomic mass is 9.98. The molecular weight excluding hydrogens is 845 g/mol. The van der Waals surface area contributed by atoms with Crippen LogP contribution in [0.5, 0.6) is 0 Å². The molecule has 2 aliphatic rings. The summed E-state index contributed by atoms with van der Waals surface area (Å²) < 4.78 is 16.8. The topological polar surface area (TPSA) is 238 Å². The lowest BCUT2D eigenvalue weighted by molar-refractivity contribution is -0.176. The first-order chi connectivity index (χ1) is 30.5. The molecule has 1 saturated carbocycles. The Kier molecular flexibility index (Phi) is 15.3. The SMILES string of the molecule is CC(C)(C)OC(=O)NCCCNCc1cnn(C[C@H]2NC(=O)[C@H]2NC(=O)/C(=N\OC2(C(=O)OC(c3ccccc3)c3ccccc3)CCCC2)c2csc(NC(=O)OC(C)(C)C)n2)n1. The number of anilines is 1. The van der Waals surface area contributed by atoms with E-state index in [0.717, 1.165) is 22.5 Å². The van der Waals surface area contributed by atoms with Crippen LogP contribution in [0.25, 0.3) is 0 Å². The molecule has 2 aromatic carbocycles. The number of hydrogen-bond donors (Lipinski definition) is 5. The van der Waals surface area contributed by atoms with E-state index in [1.54, 1.807) is 47.7 Å². The van der Waals surface area contributed by atoms with Gasteiger partial charge in [-0.15, -0.1) is 11.3 Å². The third-order valence-corrected chi connectivity index (χ3v) is 10.6. The van der Waals surface area contributed by atoms with E-state index in [0.29, 0.717) is 44.6 Å². The number of carbonyl (C=O) groups is 5. The van der Waals surface area contributed by atoms with E-state index in [-0.39, 0.29) is 35.9 Å². The van der Waals surface area contributed by atoms with Crippen molar-refractivity contribution in [1.82, 2.24) is 41.2 Å². The molecule has 1 aliphatic carbocycles. The third kappa shape index (κ3) is 13.3. The highest BCUT2D eigenvalue weighted by molar-refractivity contribution is 7.14. The second kappa shape index (κ2) is 20.8. The molecule has 4 amide bonds. The van der Waals surface area contributed by atoms with Gasteiger partial charge in [-0.05, 0) is 78.5 Å². The second-order valence-electron chi connectivity index (χ2n) is 17.4. The fourth-order valence-corrected chi connectivity index (χ4v) is 7.51. The highest BCUT2D eigenvalue weighted by atomic mass is 32.1. The van der Waals surface area contributed by atoms with Crippen LogP contribution in [0.15, 0.2) is 77.4 Å². The van der Waals surface area contributed by atoms with Crippen LogP contribution in [0.2, 0.25) is 0 Å². The summed E-state index contributed by atoms with van der Waals surface area (Å²) in [7, 11) is 0. The molecule has 1 saturated heterocycles. The number of carbonyl (C=O) groups excluding carboxylic acids is 5. The molecule has 0 spiro atoms. The van der Waals surface area contributed by atoms with Gasteiger partial charge in [-0.1, -0.05) is 65.8 Å². The number of oxime groups is 1. The molecule has 19 nitrogen and oxygen atoms in total. The zero-order valence-electron chi connectivity index (χ0n) is 36.8. The molecule has 4 aromatic rings. The van der Waals surface area contributed by atoms with Crippen molar-refractivity contribution in [2.75, 3.05) is 18.4 Å². The zero-order chi connectivity index (χ0) is 45.9. The summed E-state index contributed by atoms with van der Waals surface area (Å²) in [5, 5.41) is 28.8. The van der Waals surface area contributed by atoms with E-state index in [2.05, 4.69) is 46.9 Å². The van der Waals surface area contributed by atoms with Crippen molar-refractivity contribution in [3.8, 4) is 0 Å². The van der Waals surface area contributed by atoms with E-state index in [4.69, 9.17) is 19.0 Å². The molecule has 2 atom stereocenters. The number of alkyl carbamates (subject to hydrolysis) is 1. The number of ether oxygens (including phenoxy) is 3. The molecule has 0 unspecified atom stereocenters. The number of nitrogens with zero attached hydrogens (tertiary/aromatic N) is 5. The lowest BCUT2D eigenvalue weighted by Gasteiger charge is -2.36. The van der Waals surface area contributed by atoms with Crippen LogP contribution in [0.4, 0.5) is 14.7 Å². The number of amides is 4. The Balaban J connectivity index is 1.14. The summed E-state index contributed by atoms with van der Waals surface area (Å²) in [6.07, 6.45) is 2.13. The molecule has 1 aliphatic heterocycles. The molecule has 20 heteroatoms. The van der Waals surface area contributed by atoms with Crippen LogP contribution in [0, 0.1) is 0 Å². The van der Waals surface area contributed by atoms with Gasteiger partial charge >= 0.3 is 18.2 Å². The summed E-state index contributed by atoms with van der Waals surface area (Å²) >= 11 is 1.02. The third-order valence-electron chi connectivity index (χ3n) is 9.84. The summed E-state index contributed by atoms with van der Waals surface area (Å²) in [6.45, 7) is 12.2. The molecule has 0 radical (unpaired) electrons. The maximum Gasteiger partial charge on any atom is 0.413 e. The monoisotopic (exact) mass is 900 g/mol. The Morgan fingerprint density at radius 2 is 1.56 bits per heavy atom. The first kappa shape index (κ1) is 47.1. The molecular formula is C44H56N10O9S. The minimum absolute atomic E-state index is 0.0179. The average Bonchev–Trinajstić information content (AvgIpc) is 4.02. The molecule has 5 N–H and O–H groups in total. The Morgan fingerprint density at radius 1 is 0.922 bits per heavy atom. The second-order valence-corrected chi connectivity index (χ2v) is 18.3. The fraction of sp³-hybridized carbons (Fsp3) is 0.477. The van der Waals surface area contributed by atoms with Crippen molar-refractivity contribution in [2.45, 2.75) is 122 Å². The van der Waals surface area contributed by atoms with Gasteiger partial charge in [0.05, 0.1) is 24.5 Å². The van der Waals surface area contributed by atoms with E-state index in [9.17, 15) is 24.0 Å². The summed E-state index contributed by atoms with van der Waals surface area (Å²) in [5.41, 5.74) is -1.02. The van der Waals surface area contributed by atoms with Crippen molar-refractivity contribution >= 4 is 52.2 Å². The number of aromatic nitrogens is 4. The Hall–Kier alpha value is -6.41. The van der Waals surface area contributed by atoms with Gasteiger partial charge in [0.25, 0.3) is 5.91 Å². The molecule has 342 valence electrons. The number of benzene rings is 2.